The van der Waals surface area contributed by atoms with Crippen LogP contribution in [-0.4, -0.2) is 21.4 Å². The summed E-state index contributed by atoms with van der Waals surface area (Å²) >= 11 is 0. The topological polar surface area (TPSA) is 97.8 Å². The SMILES string of the molecule is NCCC=Cc1cnc2[nH]cc([N+](=O)[O-])c2c1. The van der Waals surface area contributed by atoms with Crippen molar-refractivity contribution in [3.8, 4) is 0 Å². The van der Waals surface area contributed by atoms with Gasteiger partial charge in [-0.2, -0.15) is 0 Å². The summed E-state index contributed by atoms with van der Waals surface area (Å²) in [5.41, 5.74) is 6.76. The number of rotatable bonds is 4. The predicted molar refractivity (Wildman–Crippen MR) is 65.5 cm³/mol. The molecule has 0 aromatic carbocycles. The van der Waals surface area contributed by atoms with Crippen molar-refractivity contribution in [1.82, 2.24) is 9.97 Å². The summed E-state index contributed by atoms with van der Waals surface area (Å²) < 4.78 is 0. The molecule has 0 spiro atoms. The normalized spacial score (nSPS) is 11.4. The van der Waals surface area contributed by atoms with Crippen molar-refractivity contribution in [3.63, 3.8) is 0 Å². The molecule has 6 heteroatoms. The minimum absolute atomic E-state index is 0.0431. The summed E-state index contributed by atoms with van der Waals surface area (Å²) in [6, 6.07) is 1.74. The average Bonchev–Trinajstić information content (AvgIpc) is 2.72. The summed E-state index contributed by atoms with van der Waals surface area (Å²) in [5.74, 6) is 0. The highest BCUT2D eigenvalue weighted by atomic mass is 16.6. The fourth-order valence-electron chi connectivity index (χ4n) is 1.56. The van der Waals surface area contributed by atoms with Crippen LogP contribution in [0.4, 0.5) is 5.69 Å². The Morgan fingerprint density at radius 1 is 1.59 bits per heavy atom. The fourth-order valence-corrected chi connectivity index (χ4v) is 1.56. The van der Waals surface area contributed by atoms with Crippen molar-refractivity contribution in [2.45, 2.75) is 6.42 Å². The summed E-state index contributed by atoms with van der Waals surface area (Å²) in [7, 11) is 0. The first kappa shape index (κ1) is 11.3. The second kappa shape index (κ2) is 4.75. The van der Waals surface area contributed by atoms with E-state index in [-0.39, 0.29) is 5.69 Å². The maximum absolute atomic E-state index is 10.8. The number of pyridine rings is 1. The molecule has 0 radical (unpaired) electrons. The molecule has 0 fully saturated rings. The highest BCUT2D eigenvalue weighted by Crippen LogP contribution is 2.24. The molecule has 2 aromatic rings. The van der Waals surface area contributed by atoms with E-state index in [1.54, 1.807) is 12.3 Å². The van der Waals surface area contributed by atoms with Gasteiger partial charge >= 0.3 is 0 Å². The zero-order valence-electron chi connectivity index (χ0n) is 9.09. The molecule has 0 aliphatic heterocycles. The van der Waals surface area contributed by atoms with Crippen LogP contribution in [0.3, 0.4) is 0 Å². The Morgan fingerprint density at radius 3 is 3.12 bits per heavy atom. The molecule has 6 nitrogen and oxygen atoms in total. The Morgan fingerprint density at radius 2 is 2.41 bits per heavy atom. The number of nitrogens with one attached hydrogen (secondary N) is 1. The van der Waals surface area contributed by atoms with E-state index in [1.165, 1.54) is 6.20 Å². The average molecular weight is 232 g/mol. The van der Waals surface area contributed by atoms with E-state index in [0.717, 1.165) is 12.0 Å². The number of aromatic amines is 1. The van der Waals surface area contributed by atoms with Gasteiger partial charge in [0.1, 0.15) is 5.65 Å². The summed E-state index contributed by atoms with van der Waals surface area (Å²) in [6.07, 6.45) is 7.56. The van der Waals surface area contributed by atoms with Crippen molar-refractivity contribution in [1.29, 1.82) is 0 Å². The second-order valence-corrected chi connectivity index (χ2v) is 3.58. The number of hydrogen-bond acceptors (Lipinski definition) is 4. The fraction of sp³-hybridized carbons (Fsp3) is 0.182. The molecule has 0 bridgehead atoms. The van der Waals surface area contributed by atoms with Crippen LogP contribution in [0.25, 0.3) is 17.1 Å². The number of nitrogens with zero attached hydrogens (tertiary/aromatic N) is 2. The van der Waals surface area contributed by atoms with Gasteiger partial charge < -0.3 is 10.7 Å². The number of H-pyrrole nitrogens is 1. The Labute approximate surface area is 97.3 Å². The van der Waals surface area contributed by atoms with Crippen molar-refractivity contribution < 1.29 is 4.92 Å². The van der Waals surface area contributed by atoms with Gasteiger partial charge in [0.15, 0.2) is 0 Å². The largest absolute Gasteiger partial charge is 0.340 e. The van der Waals surface area contributed by atoms with E-state index in [9.17, 15) is 10.1 Å². The lowest BCUT2D eigenvalue weighted by Gasteiger charge is -1.94. The van der Waals surface area contributed by atoms with Crippen LogP contribution in [0.2, 0.25) is 0 Å². The van der Waals surface area contributed by atoms with Crippen molar-refractivity contribution >= 4 is 22.8 Å². The molecule has 0 saturated carbocycles. The molecule has 0 atom stereocenters. The van der Waals surface area contributed by atoms with Crippen LogP contribution >= 0.6 is 0 Å². The van der Waals surface area contributed by atoms with Crippen LogP contribution < -0.4 is 5.73 Å². The Hall–Kier alpha value is -2.21. The predicted octanol–water partition coefficient (Wildman–Crippen LogP) is 1.83. The van der Waals surface area contributed by atoms with E-state index in [2.05, 4.69) is 9.97 Å². The van der Waals surface area contributed by atoms with E-state index in [0.29, 0.717) is 17.6 Å². The Bertz CT molecular complexity index is 574. The molecular weight excluding hydrogens is 220 g/mol. The van der Waals surface area contributed by atoms with E-state index in [1.807, 2.05) is 12.2 Å². The molecule has 88 valence electrons. The second-order valence-electron chi connectivity index (χ2n) is 3.58. The van der Waals surface area contributed by atoms with Gasteiger partial charge in [-0.15, -0.1) is 0 Å². The molecule has 0 amide bonds. The number of nitrogens with two attached hydrogens (primary N) is 1. The van der Waals surface area contributed by atoms with Crippen LogP contribution in [0.5, 0.6) is 0 Å². The molecule has 2 aromatic heterocycles. The standard InChI is InChI=1S/C11H12N4O2/c12-4-2-1-3-8-5-9-10(15(16)17)7-14-11(9)13-6-8/h1,3,5-7H,2,4,12H2,(H,13,14). The van der Waals surface area contributed by atoms with E-state index >= 15 is 0 Å². The Balaban J connectivity index is 2.41. The zero-order valence-corrected chi connectivity index (χ0v) is 9.09. The van der Waals surface area contributed by atoms with E-state index in [4.69, 9.17) is 5.73 Å². The quantitative estimate of drug-likeness (QED) is 0.620. The smallest absolute Gasteiger partial charge is 0.296 e. The van der Waals surface area contributed by atoms with Crippen LogP contribution in [-0.2, 0) is 0 Å². The zero-order chi connectivity index (χ0) is 12.3. The monoisotopic (exact) mass is 232 g/mol. The lowest BCUT2D eigenvalue weighted by atomic mass is 10.2. The van der Waals surface area contributed by atoms with Crippen LogP contribution in [0.1, 0.15) is 12.0 Å². The van der Waals surface area contributed by atoms with Gasteiger partial charge in [-0.25, -0.2) is 4.98 Å². The maximum atomic E-state index is 10.8. The van der Waals surface area contributed by atoms with Gasteiger partial charge in [-0.3, -0.25) is 10.1 Å². The molecular formula is C11H12N4O2. The molecule has 3 N–H and O–H groups in total. The lowest BCUT2D eigenvalue weighted by molar-refractivity contribution is -0.383. The summed E-state index contributed by atoms with van der Waals surface area (Å²) in [5, 5.41) is 11.3. The van der Waals surface area contributed by atoms with Crippen molar-refractivity contribution in [3.05, 3.63) is 40.2 Å². The molecule has 0 unspecified atom stereocenters. The number of hydrogen-bond donors (Lipinski definition) is 2. The van der Waals surface area contributed by atoms with Gasteiger partial charge in [0.25, 0.3) is 5.69 Å². The number of aromatic nitrogens is 2. The van der Waals surface area contributed by atoms with Crippen LogP contribution in [0, 0.1) is 10.1 Å². The lowest BCUT2D eigenvalue weighted by Crippen LogP contribution is -1.95. The molecule has 17 heavy (non-hydrogen) atoms. The first-order chi connectivity index (χ1) is 8.22. The molecule has 2 heterocycles. The maximum Gasteiger partial charge on any atom is 0.296 e. The van der Waals surface area contributed by atoms with Gasteiger partial charge in [-0.05, 0) is 24.6 Å². The van der Waals surface area contributed by atoms with E-state index < -0.39 is 4.92 Å². The van der Waals surface area contributed by atoms with Gasteiger partial charge in [0.05, 0.1) is 16.5 Å². The molecule has 0 saturated heterocycles. The third kappa shape index (κ3) is 2.31. The Kier molecular flexibility index (Phi) is 3.15. The van der Waals surface area contributed by atoms with Gasteiger partial charge in [0.2, 0.25) is 0 Å². The first-order valence-corrected chi connectivity index (χ1v) is 5.20. The minimum Gasteiger partial charge on any atom is -0.340 e. The van der Waals surface area contributed by atoms with Crippen molar-refractivity contribution in [2.75, 3.05) is 6.54 Å². The highest BCUT2D eigenvalue weighted by molar-refractivity contribution is 5.87. The summed E-state index contributed by atoms with van der Waals surface area (Å²) in [4.78, 5) is 17.2. The molecule has 2 rings (SSSR count). The van der Waals surface area contributed by atoms with Gasteiger partial charge in [0, 0.05) is 6.20 Å². The van der Waals surface area contributed by atoms with Crippen molar-refractivity contribution in [2.24, 2.45) is 5.73 Å². The highest BCUT2D eigenvalue weighted by Gasteiger charge is 2.14. The third-order valence-electron chi connectivity index (χ3n) is 2.37. The third-order valence-corrected chi connectivity index (χ3v) is 2.37. The number of nitro groups is 1. The minimum atomic E-state index is -0.423. The molecule has 0 aliphatic rings. The first-order valence-electron chi connectivity index (χ1n) is 5.20. The van der Waals surface area contributed by atoms with Crippen LogP contribution in [0.15, 0.2) is 24.5 Å². The number of fused-ring (bicyclic) bond motifs is 1. The molecule has 0 aliphatic carbocycles. The van der Waals surface area contributed by atoms with Gasteiger partial charge in [-0.1, -0.05) is 12.2 Å². The summed E-state index contributed by atoms with van der Waals surface area (Å²) in [6.45, 7) is 0.580.